The number of rotatable bonds is 11. The van der Waals surface area contributed by atoms with Crippen molar-refractivity contribution in [3.63, 3.8) is 0 Å². The highest BCUT2D eigenvalue weighted by atomic mass is 16.4. The van der Waals surface area contributed by atoms with Gasteiger partial charge in [0.15, 0.2) is 0 Å². The molecule has 0 aromatic carbocycles. The van der Waals surface area contributed by atoms with Crippen LogP contribution in [0.15, 0.2) is 0 Å². The Morgan fingerprint density at radius 2 is 1.24 bits per heavy atom. The Bertz CT molecular complexity index is 577. The summed E-state index contributed by atoms with van der Waals surface area (Å²) >= 11 is 0. The zero-order chi connectivity index (χ0) is 19.7. The highest BCUT2D eigenvalue weighted by Crippen LogP contribution is 1.99. The van der Waals surface area contributed by atoms with E-state index in [1.54, 1.807) is 0 Å². The van der Waals surface area contributed by atoms with Crippen molar-refractivity contribution in [1.29, 1.82) is 0 Å². The van der Waals surface area contributed by atoms with Crippen LogP contribution in [0.4, 0.5) is 0 Å². The SMILES string of the molecule is NC(=O)C[C@H](NC(=O)[C@@H](N)CC(=O)O)C(=O)N[C@@H](CC(=O)O)C(=O)O. The number of amides is 3. The van der Waals surface area contributed by atoms with Gasteiger partial charge in [-0.05, 0) is 0 Å². The third-order valence-corrected chi connectivity index (χ3v) is 2.76. The van der Waals surface area contributed by atoms with Crippen LogP contribution in [0.25, 0.3) is 0 Å². The third kappa shape index (κ3) is 8.85. The number of nitrogens with one attached hydrogen (secondary N) is 2. The van der Waals surface area contributed by atoms with Gasteiger partial charge in [-0.3, -0.25) is 24.0 Å². The molecule has 140 valence electrons. The van der Waals surface area contributed by atoms with Gasteiger partial charge >= 0.3 is 17.9 Å². The molecule has 0 heterocycles. The normalized spacial score (nSPS) is 13.8. The van der Waals surface area contributed by atoms with E-state index in [0.29, 0.717) is 0 Å². The predicted octanol–water partition coefficient (Wildman–Crippen LogP) is -3.81. The summed E-state index contributed by atoms with van der Waals surface area (Å²) in [4.78, 5) is 66.7. The molecule has 0 fully saturated rings. The van der Waals surface area contributed by atoms with Crippen molar-refractivity contribution in [2.45, 2.75) is 37.4 Å². The standard InChI is InChI=1S/C12H18N4O9/c13-4(1-8(18)19)10(22)15-5(2-7(14)17)11(23)16-6(12(24)25)3-9(20)21/h4-6H,1-3,13H2,(H2,14,17)(H,15,22)(H,16,23)(H,18,19)(H,20,21)(H,24,25)/t4-,5-,6-/m0/s1. The van der Waals surface area contributed by atoms with Crippen LogP contribution >= 0.6 is 0 Å². The quantitative estimate of drug-likeness (QED) is 0.189. The van der Waals surface area contributed by atoms with Crippen LogP contribution < -0.4 is 22.1 Å². The van der Waals surface area contributed by atoms with Gasteiger partial charge in [0.1, 0.15) is 12.1 Å². The van der Waals surface area contributed by atoms with Crippen molar-refractivity contribution >= 4 is 35.6 Å². The molecule has 0 saturated carbocycles. The first-order chi connectivity index (χ1) is 11.4. The lowest BCUT2D eigenvalue weighted by atomic mass is 10.1. The van der Waals surface area contributed by atoms with Crippen molar-refractivity contribution in [3.8, 4) is 0 Å². The fraction of sp³-hybridized carbons (Fsp3) is 0.500. The highest BCUT2D eigenvalue weighted by molar-refractivity contribution is 5.95. The van der Waals surface area contributed by atoms with Gasteiger partial charge in [-0.2, -0.15) is 0 Å². The van der Waals surface area contributed by atoms with E-state index >= 15 is 0 Å². The molecule has 0 rings (SSSR count). The lowest BCUT2D eigenvalue weighted by Crippen LogP contribution is -2.55. The maximum absolute atomic E-state index is 12.0. The lowest BCUT2D eigenvalue weighted by Gasteiger charge is -2.21. The fourth-order valence-corrected chi connectivity index (χ4v) is 1.62. The highest BCUT2D eigenvalue weighted by Gasteiger charge is 2.30. The molecular weight excluding hydrogens is 344 g/mol. The van der Waals surface area contributed by atoms with E-state index in [4.69, 9.17) is 26.8 Å². The molecule has 3 amide bonds. The predicted molar refractivity (Wildman–Crippen MR) is 77.8 cm³/mol. The van der Waals surface area contributed by atoms with Crippen LogP contribution in [-0.4, -0.2) is 69.1 Å². The van der Waals surface area contributed by atoms with Crippen LogP contribution in [0.3, 0.4) is 0 Å². The third-order valence-electron chi connectivity index (χ3n) is 2.76. The summed E-state index contributed by atoms with van der Waals surface area (Å²) in [6.45, 7) is 0. The summed E-state index contributed by atoms with van der Waals surface area (Å²) in [5, 5.41) is 29.8. The molecule has 0 saturated heterocycles. The monoisotopic (exact) mass is 362 g/mol. The number of aliphatic carboxylic acids is 3. The molecule has 0 aliphatic carbocycles. The first-order valence-corrected chi connectivity index (χ1v) is 6.75. The molecule has 25 heavy (non-hydrogen) atoms. The van der Waals surface area contributed by atoms with E-state index in [0.717, 1.165) is 0 Å². The van der Waals surface area contributed by atoms with Gasteiger partial charge < -0.3 is 37.4 Å². The van der Waals surface area contributed by atoms with Crippen molar-refractivity contribution in [2.24, 2.45) is 11.5 Å². The minimum absolute atomic E-state index is 0.739. The molecule has 0 aromatic rings. The number of carbonyl (C=O) groups is 6. The molecule has 0 aliphatic rings. The molecule has 0 aliphatic heterocycles. The van der Waals surface area contributed by atoms with Crippen LogP contribution in [-0.2, 0) is 28.8 Å². The summed E-state index contributed by atoms with van der Waals surface area (Å²) in [7, 11) is 0. The van der Waals surface area contributed by atoms with Gasteiger partial charge in [-0.1, -0.05) is 0 Å². The van der Waals surface area contributed by atoms with Gasteiger partial charge in [0.2, 0.25) is 17.7 Å². The maximum Gasteiger partial charge on any atom is 0.326 e. The summed E-state index contributed by atoms with van der Waals surface area (Å²) in [5.41, 5.74) is 10.2. The summed E-state index contributed by atoms with van der Waals surface area (Å²) in [5.74, 6) is -7.85. The number of carboxylic acids is 3. The minimum atomic E-state index is -1.81. The molecule has 0 bridgehead atoms. The fourth-order valence-electron chi connectivity index (χ4n) is 1.62. The van der Waals surface area contributed by atoms with Crippen molar-refractivity contribution in [3.05, 3.63) is 0 Å². The Labute approximate surface area is 140 Å². The lowest BCUT2D eigenvalue weighted by molar-refractivity contribution is -0.147. The van der Waals surface area contributed by atoms with Crippen LogP contribution in [0.1, 0.15) is 19.3 Å². The Morgan fingerprint density at radius 1 is 0.760 bits per heavy atom. The minimum Gasteiger partial charge on any atom is -0.481 e. The summed E-state index contributed by atoms with van der Waals surface area (Å²) in [6.07, 6.45) is -2.44. The molecule has 13 nitrogen and oxygen atoms in total. The zero-order valence-corrected chi connectivity index (χ0v) is 12.8. The van der Waals surface area contributed by atoms with Gasteiger partial charge in [0.25, 0.3) is 0 Å². The zero-order valence-electron chi connectivity index (χ0n) is 12.8. The maximum atomic E-state index is 12.0. The molecule has 0 spiro atoms. The van der Waals surface area contributed by atoms with E-state index < -0.39 is 73.0 Å². The number of hydrogen-bond acceptors (Lipinski definition) is 7. The van der Waals surface area contributed by atoms with E-state index in [-0.39, 0.29) is 0 Å². The number of primary amides is 1. The largest absolute Gasteiger partial charge is 0.481 e. The average molecular weight is 362 g/mol. The summed E-state index contributed by atoms with van der Waals surface area (Å²) in [6, 6.07) is -5.00. The second-order valence-corrected chi connectivity index (χ2v) is 4.93. The second-order valence-electron chi connectivity index (χ2n) is 4.93. The molecule has 0 aromatic heterocycles. The molecule has 0 unspecified atom stereocenters. The average Bonchev–Trinajstić information content (AvgIpc) is 2.43. The second kappa shape index (κ2) is 9.82. The van der Waals surface area contributed by atoms with Gasteiger partial charge in [0.05, 0.1) is 25.3 Å². The van der Waals surface area contributed by atoms with E-state index in [1.165, 1.54) is 0 Å². The number of carbonyl (C=O) groups excluding carboxylic acids is 3. The van der Waals surface area contributed by atoms with Crippen LogP contribution in [0.2, 0.25) is 0 Å². The van der Waals surface area contributed by atoms with Gasteiger partial charge in [-0.25, -0.2) is 4.79 Å². The summed E-state index contributed by atoms with van der Waals surface area (Å²) < 4.78 is 0. The molecular formula is C12H18N4O9. The molecule has 0 radical (unpaired) electrons. The van der Waals surface area contributed by atoms with E-state index in [9.17, 15) is 28.8 Å². The van der Waals surface area contributed by atoms with Crippen molar-refractivity contribution in [1.82, 2.24) is 10.6 Å². The molecule has 13 heteroatoms. The number of carboxylic acid groups (broad SMARTS) is 3. The Hall–Kier alpha value is -3.22. The van der Waals surface area contributed by atoms with E-state index in [2.05, 4.69) is 0 Å². The Morgan fingerprint density at radius 3 is 1.64 bits per heavy atom. The topological polar surface area (TPSA) is 239 Å². The van der Waals surface area contributed by atoms with Crippen LogP contribution in [0.5, 0.6) is 0 Å². The number of nitrogens with two attached hydrogens (primary N) is 2. The van der Waals surface area contributed by atoms with Crippen molar-refractivity contribution < 1.29 is 44.1 Å². The van der Waals surface area contributed by atoms with Gasteiger partial charge in [0, 0.05) is 0 Å². The molecule has 9 N–H and O–H groups in total. The number of hydrogen-bond donors (Lipinski definition) is 7. The first-order valence-electron chi connectivity index (χ1n) is 6.75. The van der Waals surface area contributed by atoms with Crippen molar-refractivity contribution in [2.75, 3.05) is 0 Å². The van der Waals surface area contributed by atoms with Crippen LogP contribution in [0, 0.1) is 0 Å². The van der Waals surface area contributed by atoms with Gasteiger partial charge in [-0.15, -0.1) is 0 Å². The Balaban J connectivity index is 5.11. The smallest absolute Gasteiger partial charge is 0.326 e. The Kier molecular flexibility index (Phi) is 8.55. The molecule has 3 atom stereocenters. The van der Waals surface area contributed by atoms with E-state index in [1.807, 2.05) is 10.6 Å². The first kappa shape index (κ1) is 21.8.